The molecule has 0 spiro atoms. The molecule has 1 heterocycles. The zero-order valence-corrected chi connectivity index (χ0v) is 42.5. The molecule has 0 bridgehead atoms. The van der Waals surface area contributed by atoms with E-state index in [1.165, 1.54) is 116 Å². The second kappa shape index (κ2) is 19.7. The molecule has 0 N–H and O–H groups in total. The number of para-hydroxylation sites is 1. The van der Waals surface area contributed by atoms with E-state index >= 15 is 0 Å². The van der Waals surface area contributed by atoms with Crippen molar-refractivity contribution in [3.63, 3.8) is 0 Å². The lowest BCUT2D eigenvalue weighted by molar-refractivity contribution is 0.977. The number of hydrogen-bond donors (Lipinski definition) is 0. The van der Waals surface area contributed by atoms with Crippen LogP contribution in [0.1, 0.15) is 5.56 Å². The van der Waals surface area contributed by atoms with Crippen LogP contribution in [0.2, 0.25) is 0 Å². The highest BCUT2D eigenvalue weighted by Gasteiger charge is 2.19. The van der Waals surface area contributed by atoms with E-state index in [4.69, 9.17) is 0 Å². The molecule has 0 saturated heterocycles. The molecule has 14 aromatic rings. The number of benzene rings is 13. The molecule has 0 unspecified atom stereocenters. The van der Waals surface area contributed by atoms with Gasteiger partial charge in [-0.25, -0.2) is 0 Å². The fraction of sp³-hybridized carbons (Fsp3) is 0.0133. The molecule has 1 aromatic heterocycles. The smallest absolute Gasteiger partial charge is 0.0547 e. The molecule has 13 aromatic carbocycles. The van der Waals surface area contributed by atoms with Crippen LogP contribution in [0, 0.1) is 0 Å². The van der Waals surface area contributed by atoms with Gasteiger partial charge >= 0.3 is 0 Å². The van der Waals surface area contributed by atoms with Crippen molar-refractivity contribution < 1.29 is 0 Å². The van der Waals surface area contributed by atoms with E-state index in [1.54, 1.807) is 0 Å². The van der Waals surface area contributed by atoms with E-state index in [2.05, 4.69) is 313 Å². The minimum atomic E-state index is 0.668. The predicted octanol–water partition coefficient (Wildman–Crippen LogP) is 20.4. The summed E-state index contributed by atoms with van der Waals surface area (Å²) in [5.41, 5.74) is 21.5. The maximum absolute atomic E-state index is 2.46. The van der Waals surface area contributed by atoms with Crippen LogP contribution in [0.3, 0.4) is 0 Å². The first-order valence-electron chi connectivity index (χ1n) is 26.6. The number of hydrogen-bond acceptors (Lipinski definition) is 1. The fourth-order valence-corrected chi connectivity index (χ4v) is 11.6. The SMILES string of the molecule is c1ccc(-c2ccc(-c3ccc(N(Cc4ccccc4-c4cccc(-c5cccc6c5c5ccccc5n6-c5ccc6c(ccc7ccccc76)c5)c4)c4ccc(-c5ccc(-c6ccccc6)cc5)cc4)cc3)cc2)cc1. The Labute approximate surface area is 449 Å². The number of aromatic nitrogens is 1. The third-order valence-corrected chi connectivity index (χ3v) is 15.5. The summed E-state index contributed by atoms with van der Waals surface area (Å²) < 4.78 is 2.44. The molecule has 2 nitrogen and oxygen atoms in total. The van der Waals surface area contributed by atoms with Gasteiger partial charge in [-0.15, -0.1) is 0 Å². The molecule has 0 aliphatic carbocycles. The summed E-state index contributed by atoms with van der Waals surface area (Å²) in [6.07, 6.45) is 0. The Hall–Kier alpha value is -10.0. The maximum atomic E-state index is 2.46. The zero-order valence-electron chi connectivity index (χ0n) is 42.5. The second-order valence-corrected chi connectivity index (χ2v) is 20.0. The van der Waals surface area contributed by atoms with Gasteiger partial charge in [0, 0.05) is 34.4 Å². The van der Waals surface area contributed by atoms with Gasteiger partial charge < -0.3 is 9.47 Å². The van der Waals surface area contributed by atoms with Gasteiger partial charge in [-0.2, -0.15) is 0 Å². The lowest BCUT2D eigenvalue weighted by Gasteiger charge is -2.27. The van der Waals surface area contributed by atoms with Gasteiger partial charge in [0.1, 0.15) is 0 Å². The molecule has 0 aliphatic rings. The van der Waals surface area contributed by atoms with E-state index < -0.39 is 0 Å². The number of anilines is 2. The normalized spacial score (nSPS) is 11.4. The van der Waals surface area contributed by atoms with Crippen LogP contribution in [0.4, 0.5) is 11.4 Å². The van der Waals surface area contributed by atoms with Gasteiger partial charge in [0.2, 0.25) is 0 Å². The van der Waals surface area contributed by atoms with Gasteiger partial charge in [-0.3, -0.25) is 0 Å². The molecule has 0 radical (unpaired) electrons. The summed E-state index contributed by atoms with van der Waals surface area (Å²) >= 11 is 0. The van der Waals surface area contributed by atoms with E-state index in [9.17, 15) is 0 Å². The minimum absolute atomic E-state index is 0.668. The molecule has 0 fully saturated rings. The van der Waals surface area contributed by atoms with Crippen LogP contribution in [0.25, 0.3) is 116 Å². The Bertz CT molecular complexity index is 4290. The van der Waals surface area contributed by atoms with Crippen LogP contribution < -0.4 is 4.90 Å². The third-order valence-electron chi connectivity index (χ3n) is 15.5. The number of rotatable bonds is 11. The first-order valence-corrected chi connectivity index (χ1v) is 26.6. The Balaban J connectivity index is 0.821. The van der Waals surface area contributed by atoms with Gasteiger partial charge in [0.15, 0.2) is 0 Å². The molecule has 14 rings (SSSR count). The lowest BCUT2D eigenvalue weighted by atomic mass is 9.93. The van der Waals surface area contributed by atoms with Crippen molar-refractivity contribution in [1.82, 2.24) is 4.57 Å². The first-order chi connectivity index (χ1) is 38.2. The minimum Gasteiger partial charge on any atom is -0.337 e. The van der Waals surface area contributed by atoms with Crippen LogP contribution in [0.15, 0.2) is 303 Å². The summed E-state index contributed by atoms with van der Waals surface area (Å²) in [4.78, 5) is 2.46. The van der Waals surface area contributed by atoms with Gasteiger partial charge in [-0.1, -0.05) is 249 Å². The Kier molecular flexibility index (Phi) is 11.7. The van der Waals surface area contributed by atoms with Crippen molar-refractivity contribution in [2.45, 2.75) is 6.54 Å². The number of nitrogens with zero attached hydrogens (tertiary/aromatic N) is 2. The summed E-state index contributed by atoms with van der Waals surface area (Å²) in [6, 6.07) is 111. The fourth-order valence-electron chi connectivity index (χ4n) is 11.6. The highest BCUT2D eigenvalue weighted by Crippen LogP contribution is 2.42. The van der Waals surface area contributed by atoms with Gasteiger partial charge in [0.25, 0.3) is 0 Å². The van der Waals surface area contributed by atoms with Gasteiger partial charge in [-0.05, 0) is 148 Å². The Morgan fingerprint density at radius 1 is 0.260 bits per heavy atom. The Morgan fingerprint density at radius 2 is 0.688 bits per heavy atom. The molecule has 0 saturated carbocycles. The quantitative estimate of drug-likeness (QED) is 0.117. The maximum Gasteiger partial charge on any atom is 0.0547 e. The molecule has 362 valence electrons. The first kappa shape index (κ1) is 45.6. The highest BCUT2D eigenvalue weighted by molar-refractivity contribution is 6.16. The third kappa shape index (κ3) is 8.62. The van der Waals surface area contributed by atoms with Crippen LogP contribution >= 0.6 is 0 Å². The zero-order chi connectivity index (χ0) is 51.1. The van der Waals surface area contributed by atoms with Crippen LogP contribution in [-0.2, 0) is 6.54 Å². The van der Waals surface area contributed by atoms with Crippen LogP contribution in [0.5, 0.6) is 0 Å². The molecular weight excluding hydrogens is 929 g/mol. The second-order valence-electron chi connectivity index (χ2n) is 20.0. The predicted molar refractivity (Wildman–Crippen MR) is 327 cm³/mol. The monoisotopic (exact) mass is 980 g/mol. The van der Waals surface area contributed by atoms with E-state index in [0.29, 0.717) is 6.54 Å². The van der Waals surface area contributed by atoms with Crippen LogP contribution in [-0.4, -0.2) is 4.57 Å². The van der Waals surface area contributed by atoms with E-state index in [1.807, 2.05) is 0 Å². The highest BCUT2D eigenvalue weighted by atomic mass is 15.1. The molecular formula is C75H52N2. The molecule has 0 atom stereocenters. The standard InChI is InChI=1S/C75H52N2/c1-3-15-52(16-4-1)54-29-33-56(34-30-54)58-39-43-65(44-40-58)76(66-45-41-59(42-46-66)57-35-31-55(32-36-57)53-17-5-2-6-18-53)51-64-20-8-9-23-68(64)61-21-13-22-62(49-61)71-26-14-28-74-75(71)72-25-11-12-27-73(72)77(74)67-47-48-70-63(50-67)38-37-60-19-7-10-24-69(60)70/h1-50H,51H2. The number of fused-ring (bicyclic) bond motifs is 6. The summed E-state index contributed by atoms with van der Waals surface area (Å²) in [7, 11) is 0. The van der Waals surface area contributed by atoms with Gasteiger partial charge in [0.05, 0.1) is 11.0 Å². The van der Waals surface area contributed by atoms with Crippen molar-refractivity contribution >= 4 is 54.7 Å². The molecule has 0 amide bonds. The van der Waals surface area contributed by atoms with Crippen molar-refractivity contribution in [3.8, 4) is 72.4 Å². The average molecular weight is 981 g/mol. The Morgan fingerprint density at radius 3 is 1.31 bits per heavy atom. The molecule has 2 heteroatoms. The van der Waals surface area contributed by atoms with E-state index in [0.717, 1.165) is 17.1 Å². The van der Waals surface area contributed by atoms with Crippen molar-refractivity contribution in [2.24, 2.45) is 0 Å². The lowest BCUT2D eigenvalue weighted by Crippen LogP contribution is -2.17. The topological polar surface area (TPSA) is 8.17 Å². The van der Waals surface area contributed by atoms with Crippen molar-refractivity contribution in [2.75, 3.05) is 4.90 Å². The summed E-state index contributed by atoms with van der Waals surface area (Å²) in [5, 5.41) is 7.54. The average Bonchev–Trinajstić information content (AvgIpc) is 3.87. The largest absolute Gasteiger partial charge is 0.337 e. The van der Waals surface area contributed by atoms with E-state index in [-0.39, 0.29) is 0 Å². The summed E-state index contributed by atoms with van der Waals surface area (Å²) in [5.74, 6) is 0. The van der Waals surface area contributed by atoms with Crippen molar-refractivity contribution in [3.05, 3.63) is 309 Å². The molecule has 0 aliphatic heterocycles. The van der Waals surface area contributed by atoms with Crippen molar-refractivity contribution in [1.29, 1.82) is 0 Å². The summed E-state index contributed by atoms with van der Waals surface area (Å²) in [6.45, 7) is 0.668. The molecule has 77 heavy (non-hydrogen) atoms.